The van der Waals surface area contributed by atoms with E-state index < -0.39 is 0 Å². The van der Waals surface area contributed by atoms with Gasteiger partial charge in [0.2, 0.25) is 5.91 Å². The molecule has 1 aromatic carbocycles. The van der Waals surface area contributed by atoms with Gasteiger partial charge in [0.15, 0.2) is 0 Å². The topological polar surface area (TPSA) is 44.4 Å². The summed E-state index contributed by atoms with van der Waals surface area (Å²) in [6, 6.07) is 6.31. The fraction of sp³-hybridized carbons (Fsp3) is 0.632. The fourth-order valence-corrected chi connectivity index (χ4v) is 3.29. The summed E-state index contributed by atoms with van der Waals surface area (Å²) in [6.45, 7) is 7.29. The number of carbonyl (C=O) groups excluding carboxylic acids is 1. The van der Waals surface area contributed by atoms with E-state index in [0.717, 1.165) is 30.9 Å². The molecule has 0 aliphatic carbocycles. The predicted octanol–water partition coefficient (Wildman–Crippen LogP) is 3.02. The molecule has 1 saturated heterocycles. The first-order valence-electron chi connectivity index (χ1n) is 8.70. The maximum atomic E-state index is 12.4. The number of amides is 1. The first-order chi connectivity index (χ1) is 11.0. The summed E-state index contributed by atoms with van der Waals surface area (Å²) in [7, 11) is 4.11. The van der Waals surface area contributed by atoms with Crippen LogP contribution in [-0.2, 0) is 11.3 Å². The minimum atomic E-state index is 0.133. The fourth-order valence-electron chi connectivity index (χ4n) is 3.29. The highest BCUT2D eigenvalue weighted by Gasteiger charge is 2.22. The van der Waals surface area contributed by atoms with Crippen molar-refractivity contribution in [3.8, 4) is 0 Å². The molecule has 0 saturated carbocycles. The summed E-state index contributed by atoms with van der Waals surface area (Å²) in [5.41, 5.74) is 3.29. The summed E-state index contributed by atoms with van der Waals surface area (Å²) < 4.78 is 0. The van der Waals surface area contributed by atoms with Gasteiger partial charge in [-0.2, -0.15) is 0 Å². The number of benzene rings is 1. The van der Waals surface area contributed by atoms with Crippen molar-refractivity contribution in [3.05, 3.63) is 29.3 Å². The Balaban J connectivity index is 1.93. The second-order valence-corrected chi connectivity index (χ2v) is 7.22. The molecular formula is C19H31N3O. The van der Waals surface area contributed by atoms with E-state index in [1.165, 1.54) is 18.4 Å². The number of hydrogen-bond donors (Lipinski definition) is 2. The summed E-state index contributed by atoms with van der Waals surface area (Å²) in [5, 5.41) is 6.55. The first-order valence-corrected chi connectivity index (χ1v) is 8.70. The van der Waals surface area contributed by atoms with E-state index in [2.05, 4.69) is 54.8 Å². The summed E-state index contributed by atoms with van der Waals surface area (Å²) in [5.74, 6) is 1.18. The Hall–Kier alpha value is -1.39. The van der Waals surface area contributed by atoms with Crippen LogP contribution in [0.3, 0.4) is 0 Å². The normalized spacial score (nSPS) is 19.6. The Kier molecular flexibility index (Phi) is 6.60. The van der Waals surface area contributed by atoms with Crippen LogP contribution in [0.1, 0.15) is 37.3 Å². The van der Waals surface area contributed by atoms with E-state index in [1.807, 2.05) is 6.92 Å². The Morgan fingerprint density at radius 3 is 2.87 bits per heavy atom. The second kappa shape index (κ2) is 8.46. The smallest absolute Gasteiger partial charge is 0.224 e. The molecule has 2 atom stereocenters. The van der Waals surface area contributed by atoms with Crippen molar-refractivity contribution in [2.24, 2.45) is 11.8 Å². The molecule has 0 radical (unpaired) electrons. The van der Waals surface area contributed by atoms with Gasteiger partial charge in [0.1, 0.15) is 0 Å². The van der Waals surface area contributed by atoms with Gasteiger partial charge in [-0.15, -0.1) is 0 Å². The molecule has 23 heavy (non-hydrogen) atoms. The minimum Gasteiger partial charge on any atom is -0.326 e. The number of hydrogen-bond acceptors (Lipinski definition) is 3. The quantitative estimate of drug-likeness (QED) is 0.848. The largest absolute Gasteiger partial charge is 0.326 e. The van der Waals surface area contributed by atoms with Crippen molar-refractivity contribution in [3.63, 3.8) is 0 Å². The van der Waals surface area contributed by atoms with Crippen LogP contribution in [0.2, 0.25) is 0 Å². The third-order valence-corrected chi connectivity index (χ3v) is 4.72. The molecule has 4 nitrogen and oxygen atoms in total. The third kappa shape index (κ3) is 5.63. The average molecular weight is 317 g/mol. The van der Waals surface area contributed by atoms with Crippen LogP contribution in [0.5, 0.6) is 0 Å². The van der Waals surface area contributed by atoms with Crippen molar-refractivity contribution in [1.29, 1.82) is 0 Å². The highest BCUT2D eigenvalue weighted by atomic mass is 16.1. The third-order valence-electron chi connectivity index (χ3n) is 4.72. The van der Waals surface area contributed by atoms with Crippen LogP contribution >= 0.6 is 0 Å². The Bertz CT molecular complexity index is 521. The lowest BCUT2D eigenvalue weighted by atomic mass is 9.85. The van der Waals surface area contributed by atoms with Gasteiger partial charge in [-0.3, -0.25) is 4.79 Å². The molecule has 2 unspecified atom stereocenters. The average Bonchev–Trinajstić information content (AvgIpc) is 2.51. The van der Waals surface area contributed by atoms with E-state index in [1.54, 1.807) is 0 Å². The molecule has 1 aliphatic heterocycles. The second-order valence-electron chi connectivity index (χ2n) is 7.22. The van der Waals surface area contributed by atoms with Crippen molar-refractivity contribution >= 4 is 11.6 Å². The van der Waals surface area contributed by atoms with Crippen LogP contribution in [0.4, 0.5) is 5.69 Å². The molecule has 2 rings (SSSR count). The number of rotatable bonds is 6. The van der Waals surface area contributed by atoms with Crippen LogP contribution in [0, 0.1) is 18.8 Å². The molecule has 1 heterocycles. The maximum absolute atomic E-state index is 12.4. The van der Waals surface area contributed by atoms with Gasteiger partial charge in [0, 0.05) is 18.7 Å². The maximum Gasteiger partial charge on any atom is 0.224 e. The standard InChI is InChI=1S/C19H31N3O/c1-14-7-8-16(13-22(3)4)11-18(14)21-19(23)10-15(2)17-6-5-9-20-12-17/h7-8,11,15,17,20H,5-6,9-10,12-13H2,1-4H3,(H,21,23). The molecule has 128 valence electrons. The minimum absolute atomic E-state index is 0.133. The van der Waals surface area contributed by atoms with Crippen molar-refractivity contribution in [2.45, 2.75) is 39.7 Å². The number of carbonyl (C=O) groups is 1. The first kappa shape index (κ1) is 18.0. The molecule has 1 aromatic rings. The lowest BCUT2D eigenvalue weighted by molar-refractivity contribution is -0.117. The van der Waals surface area contributed by atoms with Gasteiger partial charge in [0.05, 0.1) is 0 Å². The number of nitrogens with one attached hydrogen (secondary N) is 2. The predicted molar refractivity (Wildman–Crippen MR) is 96.6 cm³/mol. The van der Waals surface area contributed by atoms with E-state index >= 15 is 0 Å². The Labute approximate surface area is 140 Å². The van der Waals surface area contributed by atoms with Gasteiger partial charge in [-0.25, -0.2) is 0 Å². The lowest BCUT2D eigenvalue weighted by Gasteiger charge is -2.28. The molecule has 0 spiro atoms. The molecule has 0 aromatic heterocycles. The lowest BCUT2D eigenvalue weighted by Crippen LogP contribution is -2.34. The van der Waals surface area contributed by atoms with Crippen LogP contribution in [0.15, 0.2) is 18.2 Å². The Morgan fingerprint density at radius 1 is 1.43 bits per heavy atom. The van der Waals surface area contributed by atoms with Crippen molar-refractivity contribution < 1.29 is 4.79 Å². The molecule has 1 aliphatic rings. The van der Waals surface area contributed by atoms with Gasteiger partial charge >= 0.3 is 0 Å². The van der Waals surface area contributed by atoms with Gasteiger partial charge in [0.25, 0.3) is 0 Å². The zero-order valence-corrected chi connectivity index (χ0v) is 15.0. The highest BCUT2D eigenvalue weighted by Crippen LogP contribution is 2.24. The zero-order valence-electron chi connectivity index (χ0n) is 15.0. The molecule has 4 heteroatoms. The van der Waals surface area contributed by atoms with Gasteiger partial charge < -0.3 is 15.5 Å². The summed E-state index contributed by atoms with van der Waals surface area (Å²) in [4.78, 5) is 14.5. The number of anilines is 1. The van der Waals surface area contributed by atoms with Crippen LogP contribution in [0.25, 0.3) is 0 Å². The van der Waals surface area contributed by atoms with E-state index in [0.29, 0.717) is 18.3 Å². The molecule has 0 bridgehead atoms. The molecule has 1 amide bonds. The highest BCUT2D eigenvalue weighted by molar-refractivity contribution is 5.91. The SMILES string of the molecule is Cc1ccc(CN(C)C)cc1NC(=O)CC(C)C1CCCNC1. The van der Waals surface area contributed by atoms with Crippen LogP contribution < -0.4 is 10.6 Å². The number of aryl methyl sites for hydroxylation is 1. The monoisotopic (exact) mass is 317 g/mol. The van der Waals surface area contributed by atoms with Gasteiger partial charge in [-0.05, 0) is 76.0 Å². The van der Waals surface area contributed by atoms with E-state index in [9.17, 15) is 4.79 Å². The molecule has 2 N–H and O–H groups in total. The van der Waals surface area contributed by atoms with Crippen molar-refractivity contribution in [1.82, 2.24) is 10.2 Å². The number of piperidine rings is 1. The number of nitrogens with zero attached hydrogens (tertiary/aromatic N) is 1. The summed E-state index contributed by atoms with van der Waals surface area (Å²) >= 11 is 0. The molecule has 1 fully saturated rings. The Morgan fingerprint density at radius 2 is 2.22 bits per heavy atom. The van der Waals surface area contributed by atoms with E-state index in [4.69, 9.17) is 0 Å². The van der Waals surface area contributed by atoms with Crippen LogP contribution in [-0.4, -0.2) is 38.0 Å². The van der Waals surface area contributed by atoms with Gasteiger partial charge in [-0.1, -0.05) is 19.1 Å². The zero-order chi connectivity index (χ0) is 16.8. The van der Waals surface area contributed by atoms with Crippen molar-refractivity contribution in [2.75, 3.05) is 32.5 Å². The summed E-state index contributed by atoms with van der Waals surface area (Å²) in [6.07, 6.45) is 3.06. The van der Waals surface area contributed by atoms with E-state index in [-0.39, 0.29) is 5.91 Å². The molecular weight excluding hydrogens is 286 g/mol.